The van der Waals surface area contributed by atoms with E-state index in [4.69, 9.17) is 4.42 Å². The first-order chi connectivity index (χ1) is 12.3. The normalized spacial score (nSPS) is 12.4. The molecule has 4 rings (SSSR count). The number of furan rings is 1. The first kappa shape index (κ1) is 15.8. The Morgan fingerprint density at radius 3 is 2.92 bits per heavy atom. The second-order valence-electron chi connectivity index (χ2n) is 5.29. The molecule has 0 aliphatic heterocycles. The van der Waals surface area contributed by atoms with Crippen LogP contribution in [0.2, 0.25) is 0 Å². The minimum Gasteiger partial charge on any atom is -0.454 e. The minimum absolute atomic E-state index is 0.550. The van der Waals surface area contributed by atoms with Crippen molar-refractivity contribution >= 4 is 39.9 Å². The van der Waals surface area contributed by atoms with E-state index >= 15 is 0 Å². The molecule has 0 saturated heterocycles. The third-order valence-corrected chi connectivity index (χ3v) is 5.14. The summed E-state index contributed by atoms with van der Waals surface area (Å²) in [5.74, 6) is 0.778. The van der Waals surface area contributed by atoms with Crippen molar-refractivity contribution in [2.24, 2.45) is 10.1 Å². The molecule has 6 heteroatoms. The van der Waals surface area contributed by atoms with Crippen molar-refractivity contribution in [1.29, 1.82) is 0 Å². The van der Waals surface area contributed by atoms with Crippen LogP contribution in [0.15, 0.2) is 79.7 Å². The van der Waals surface area contributed by atoms with E-state index in [1.807, 2.05) is 58.0 Å². The van der Waals surface area contributed by atoms with Crippen LogP contribution in [0.1, 0.15) is 5.56 Å². The number of para-hydroxylation sites is 1. The van der Waals surface area contributed by atoms with Gasteiger partial charge in [-0.2, -0.15) is 16.4 Å². The van der Waals surface area contributed by atoms with Crippen molar-refractivity contribution < 1.29 is 4.42 Å². The molecule has 0 unspecified atom stereocenters. The highest BCUT2D eigenvalue weighted by atomic mass is 32.1. The number of aromatic nitrogens is 1. The van der Waals surface area contributed by atoms with Gasteiger partial charge in [0.1, 0.15) is 11.3 Å². The van der Waals surface area contributed by atoms with Crippen molar-refractivity contribution in [3.63, 3.8) is 0 Å². The molecule has 0 bridgehead atoms. The topological polar surface area (TPSA) is 42.8 Å². The van der Waals surface area contributed by atoms with Crippen LogP contribution < -0.4 is 4.80 Å². The SMILES string of the molecule is C=CCN=c1scc(-c2cc3ccccc3o2)n1N=Cc1ccsc1. The Bertz CT molecular complexity index is 1060. The van der Waals surface area contributed by atoms with Crippen molar-refractivity contribution in [2.45, 2.75) is 0 Å². The smallest absolute Gasteiger partial charge is 0.206 e. The van der Waals surface area contributed by atoms with Gasteiger partial charge in [-0.05, 0) is 29.0 Å². The van der Waals surface area contributed by atoms with E-state index in [0.29, 0.717) is 6.54 Å². The van der Waals surface area contributed by atoms with Gasteiger partial charge in [-0.3, -0.25) is 4.99 Å². The fourth-order valence-electron chi connectivity index (χ4n) is 2.41. The van der Waals surface area contributed by atoms with Crippen molar-refractivity contribution in [3.8, 4) is 11.5 Å². The van der Waals surface area contributed by atoms with E-state index < -0.39 is 0 Å². The lowest BCUT2D eigenvalue weighted by molar-refractivity contribution is 0.621. The molecule has 0 spiro atoms. The summed E-state index contributed by atoms with van der Waals surface area (Å²) in [5.41, 5.74) is 2.81. The number of thiazole rings is 1. The zero-order valence-corrected chi connectivity index (χ0v) is 15.0. The second-order valence-corrected chi connectivity index (χ2v) is 6.91. The first-order valence-corrected chi connectivity index (χ1v) is 9.55. The maximum Gasteiger partial charge on any atom is 0.206 e. The average molecular weight is 365 g/mol. The zero-order valence-electron chi connectivity index (χ0n) is 13.3. The lowest BCUT2D eigenvalue weighted by atomic mass is 10.2. The number of thiophene rings is 1. The molecule has 0 radical (unpaired) electrons. The molecule has 3 heterocycles. The molecule has 0 amide bonds. The van der Waals surface area contributed by atoms with Crippen LogP contribution >= 0.6 is 22.7 Å². The number of fused-ring (bicyclic) bond motifs is 1. The molecule has 4 nitrogen and oxygen atoms in total. The average Bonchev–Trinajstić information content (AvgIpc) is 3.36. The largest absolute Gasteiger partial charge is 0.454 e. The quantitative estimate of drug-likeness (QED) is 0.363. The third-order valence-electron chi connectivity index (χ3n) is 3.58. The van der Waals surface area contributed by atoms with Gasteiger partial charge in [0.25, 0.3) is 0 Å². The molecule has 0 N–H and O–H groups in total. The summed E-state index contributed by atoms with van der Waals surface area (Å²) in [4.78, 5) is 5.34. The highest BCUT2D eigenvalue weighted by Crippen LogP contribution is 2.28. The van der Waals surface area contributed by atoms with Gasteiger partial charge < -0.3 is 4.42 Å². The molecule has 3 aromatic heterocycles. The summed E-state index contributed by atoms with van der Waals surface area (Å²) >= 11 is 3.18. The van der Waals surface area contributed by atoms with E-state index in [0.717, 1.165) is 32.8 Å². The van der Waals surface area contributed by atoms with Gasteiger partial charge in [0, 0.05) is 16.3 Å². The molecule has 0 saturated carbocycles. The lowest BCUT2D eigenvalue weighted by Crippen LogP contribution is -2.12. The van der Waals surface area contributed by atoms with Gasteiger partial charge >= 0.3 is 0 Å². The Balaban J connectivity index is 1.84. The van der Waals surface area contributed by atoms with Gasteiger partial charge in [0.05, 0.1) is 12.8 Å². The number of rotatable bonds is 5. The standard InChI is InChI=1S/C19H15N3OS2/c1-2-8-20-19-22(21-11-14-7-9-24-12-14)16(13-25-19)18-10-15-5-3-4-6-17(15)23-18/h2-7,9-13H,1,8H2. The van der Waals surface area contributed by atoms with Crippen molar-refractivity contribution in [3.05, 3.63) is 75.6 Å². The van der Waals surface area contributed by atoms with Crippen molar-refractivity contribution in [2.75, 3.05) is 6.54 Å². The maximum absolute atomic E-state index is 6.00. The van der Waals surface area contributed by atoms with Gasteiger partial charge in [0.15, 0.2) is 5.76 Å². The molecule has 0 aliphatic carbocycles. The molecule has 1 aromatic carbocycles. The Hall–Kier alpha value is -2.70. The van der Waals surface area contributed by atoms with E-state index in [1.54, 1.807) is 17.4 Å². The molecule has 0 atom stereocenters. The summed E-state index contributed by atoms with van der Waals surface area (Å²) < 4.78 is 7.82. The molecule has 25 heavy (non-hydrogen) atoms. The third kappa shape index (κ3) is 3.26. The molecular formula is C19H15N3OS2. The molecular weight excluding hydrogens is 350 g/mol. The lowest BCUT2D eigenvalue weighted by Gasteiger charge is -1.99. The van der Waals surface area contributed by atoms with Gasteiger partial charge in [-0.1, -0.05) is 24.3 Å². The van der Waals surface area contributed by atoms with Crippen molar-refractivity contribution in [1.82, 2.24) is 4.68 Å². The Morgan fingerprint density at radius 1 is 1.20 bits per heavy atom. The monoisotopic (exact) mass is 365 g/mol. The van der Waals surface area contributed by atoms with Crippen LogP contribution in [-0.4, -0.2) is 17.4 Å². The predicted octanol–water partition coefficient (Wildman–Crippen LogP) is 4.99. The number of hydrogen-bond acceptors (Lipinski definition) is 5. The van der Waals surface area contributed by atoms with E-state index in [2.05, 4.69) is 22.1 Å². The summed E-state index contributed by atoms with van der Waals surface area (Å²) in [6.07, 6.45) is 3.61. The number of benzene rings is 1. The van der Waals surface area contributed by atoms with Gasteiger partial charge in [0.2, 0.25) is 4.80 Å². The Labute approximate surface area is 152 Å². The van der Waals surface area contributed by atoms with Crippen LogP contribution in [0.3, 0.4) is 0 Å². The summed E-state index contributed by atoms with van der Waals surface area (Å²) in [6.45, 7) is 4.28. The fourth-order valence-corrected chi connectivity index (χ4v) is 3.85. The molecule has 0 aliphatic rings. The molecule has 4 aromatic rings. The molecule has 124 valence electrons. The maximum atomic E-state index is 6.00. The Kier molecular flexibility index (Phi) is 4.45. The predicted molar refractivity (Wildman–Crippen MR) is 105 cm³/mol. The van der Waals surface area contributed by atoms with Crippen LogP contribution in [0.25, 0.3) is 22.4 Å². The van der Waals surface area contributed by atoms with E-state index in [1.165, 1.54) is 11.3 Å². The van der Waals surface area contributed by atoms with Crippen LogP contribution in [0, 0.1) is 0 Å². The van der Waals surface area contributed by atoms with Crippen LogP contribution in [0.4, 0.5) is 0 Å². The highest BCUT2D eigenvalue weighted by Gasteiger charge is 2.12. The van der Waals surface area contributed by atoms with Crippen LogP contribution in [0.5, 0.6) is 0 Å². The fraction of sp³-hybridized carbons (Fsp3) is 0.0526. The number of hydrogen-bond donors (Lipinski definition) is 0. The van der Waals surface area contributed by atoms with Crippen LogP contribution in [-0.2, 0) is 0 Å². The second kappa shape index (κ2) is 7.04. The number of nitrogens with zero attached hydrogens (tertiary/aromatic N) is 3. The summed E-state index contributed by atoms with van der Waals surface area (Å²) in [6, 6.07) is 12.0. The summed E-state index contributed by atoms with van der Waals surface area (Å²) in [5, 5.41) is 11.8. The van der Waals surface area contributed by atoms with E-state index in [-0.39, 0.29) is 0 Å². The van der Waals surface area contributed by atoms with Gasteiger partial charge in [-0.25, -0.2) is 4.68 Å². The molecule has 0 fully saturated rings. The highest BCUT2D eigenvalue weighted by molar-refractivity contribution is 7.08. The zero-order chi connectivity index (χ0) is 17.1. The minimum atomic E-state index is 0.550. The first-order valence-electron chi connectivity index (χ1n) is 7.72. The van der Waals surface area contributed by atoms with Gasteiger partial charge in [-0.15, -0.1) is 17.9 Å². The van der Waals surface area contributed by atoms with E-state index in [9.17, 15) is 0 Å². The Morgan fingerprint density at radius 2 is 2.12 bits per heavy atom. The summed E-state index contributed by atoms with van der Waals surface area (Å²) in [7, 11) is 0.